The van der Waals surface area contributed by atoms with Crippen molar-refractivity contribution in [1.82, 2.24) is 14.6 Å². The van der Waals surface area contributed by atoms with Crippen LogP contribution in [0.2, 0.25) is 0 Å². The predicted molar refractivity (Wildman–Crippen MR) is 67.5 cm³/mol. The quantitative estimate of drug-likeness (QED) is 0.865. The molecule has 3 heterocycles. The summed E-state index contributed by atoms with van der Waals surface area (Å²) in [5.74, 6) is 2.47. The molecule has 1 aliphatic heterocycles. The van der Waals surface area contributed by atoms with Crippen LogP contribution >= 0.6 is 0 Å². The van der Waals surface area contributed by atoms with Crippen LogP contribution in [0.4, 0.5) is 5.82 Å². The van der Waals surface area contributed by atoms with Crippen LogP contribution in [0.1, 0.15) is 12.8 Å². The van der Waals surface area contributed by atoms with Crippen molar-refractivity contribution in [3.8, 4) is 0 Å². The van der Waals surface area contributed by atoms with Crippen LogP contribution in [-0.2, 0) is 10.8 Å². The van der Waals surface area contributed by atoms with Gasteiger partial charge in [-0.05, 0) is 18.9 Å². The standard InChI is InChI=1S/C11H14N4OS/c16-17-7-3-9(4-8-17)13-10-2-6-15-11(14-10)1-5-12-15/h1-2,5-6,9H,3-4,7-8H2,(H,13,14). The van der Waals surface area contributed by atoms with E-state index in [0.717, 1.165) is 35.8 Å². The topological polar surface area (TPSA) is 59.3 Å². The molecule has 0 bridgehead atoms. The van der Waals surface area contributed by atoms with E-state index in [2.05, 4.69) is 15.4 Å². The van der Waals surface area contributed by atoms with E-state index in [1.165, 1.54) is 0 Å². The third kappa shape index (κ3) is 2.31. The predicted octanol–water partition coefficient (Wildman–Crippen LogP) is 1.05. The zero-order valence-electron chi connectivity index (χ0n) is 9.37. The summed E-state index contributed by atoms with van der Waals surface area (Å²) in [6.45, 7) is 0. The molecule has 1 fully saturated rings. The number of fused-ring (bicyclic) bond motifs is 1. The molecular formula is C11H14N4OS. The number of rotatable bonds is 2. The monoisotopic (exact) mass is 250 g/mol. The maximum absolute atomic E-state index is 11.3. The molecule has 0 aromatic carbocycles. The lowest BCUT2D eigenvalue weighted by atomic mass is 10.1. The number of aromatic nitrogens is 3. The van der Waals surface area contributed by atoms with Gasteiger partial charge in [0.15, 0.2) is 5.65 Å². The van der Waals surface area contributed by atoms with Gasteiger partial charge in [0.05, 0.1) is 6.20 Å². The molecule has 1 aliphatic rings. The highest BCUT2D eigenvalue weighted by atomic mass is 32.2. The van der Waals surface area contributed by atoms with Crippen LogP contribution in [0.3, 0.4) is 0 Å². The van der Waals surface area contributed by atoms with E-state index in [9.17, 15) is 4.21 Å². The summed E-state index contributed by atoms with van der Waals surface area (Å²) in [6.07, 6.45) is 5.54. The fraction of sp³-hybridized carbons (Fsp3) is 0.455. The fourth-order valence-corrected chi connectivity index (χ4v) is 3.34. The normalized spacial score (nSPS) is 24.9. The van der Waals surface area contributed by atoms with Gasteiger partial charge in [0.2, 0.25) is 0 Å². The van der Waals surface area contributed by atoms with E-state index in [4.69, 9.17) is 0 Å². The van der Waals surface area contributed by atoms with E-state index in [1.54, 1.807) is 10.7 Å². The molecule has 1 saturated heterocycles. The molecule has 17 heavy (non-hydrogen) atoms. The number of hydrogen-bond donors (Lipinski definition) is 1. The van der Waals surface area contributed by atoms with Gasteiger partial charge in [-0.2, -0.15) is 5.10 Å². The first-order chi connectivity index (χ1) is 8.31. The molecule has 0 radical (unpaired) electrons. The van der Waals surface area contributed by atoms with Crippen molar-refractivity contribution in [2.75, 3.05) is 16.8 Å². The van der Waals surface area contributed by atoms with Crippen LogP contribution in [0.15, 0.2) is 24.5 Å². The van der Waals surface area contributed by atoms with Crippen molar-refractivity contribution < 1.29 is 4.21 Å². The Bertz CT molecular complexity index is 543. The minimum Gasteiger partial charge on any atom is -0.367 e. The smallest absolute Gasteiger partial charge is 0.157 e. The third-order valence-corrected chi connectivity index (χ3v) is 4.38. The fourth-order valence-electron chi connectivity index (χ4n) is 2.04. The number of nitrogens with zero attached hydrogens (tertiary/aromatic N) is 3. The second-order valence-corrected chi connectivity index (χ2v) is 5.91. The molecule has 90 valence electrons. The Kier molecular flexibility index (Phi) is 2.80. The van der Waals surface area contributed by atoms with E-state index < -0.39 is 10.8 Å². The summed E-state index contributed by atoms with van der Waals surface area (Å²) in [7, 11) is -0.609. The highest BCUT2D eigenvalue weighted by molar-refractivity contribution is 7.85. The van der Waals surface area contributed by atoms with Crippen LogP contribution in [-0.4, -0.2) is 36.4 Å². The van der Waals surface area contributed by atoms with Gasteiger partial charge in [-0.25, -0.2) is 9.50 Å². The van der Waals surface area contributed by atoms with Crippen LogP contribution in [0, 0.1) is 0 Å². The highest BCUT2D eigenvalue weighted by Gasteiger charge is 2.17. The minimum absolute atomic E-state index is 0.394. The van der Waals surface area contributed by atoms with Crippen LogP contribution in [0.25, 0.3) is 5.65 Å². The molecule has 2 aromatic rings. The molecule has 3 rings (SSSR count). The Balaban J connectivity index is 1.73. The highest BCUT2D eigenvalue weighted by Crippen LogP contribution is 2.15. The second-order valence-electron chi connectivity index (χ2n) is 4.21. The van der Waals surface area contributed by atoms with Crippen molar-refractivity contribution in [2.24, 2.45) is 0 Å². The molecule has 0 atom stereocenters. The zero-order chi connectivity index (χ0) is 11.7. The molecule has 0 spiro atoms. The number of nitrogens with one attached hydrogen (secondary N) is 1. The largest absolute Gasteiger partial charge is 0.367 e. The molecule has 0 unspecified atom stereocenters. The van der Waals surface area contributed by atoms with Crippen molar-refractivity contribution >= 4 is 22.3 Å². The summed E-state index contributed by atoms with van der Waals surface area (Å²) in [5, 5.41) is 7.50. The summed E-state index contributed by atoms with van der Waals surface area (Å²) in [5.41, 5.74) is 0.842. The first kappa shape index (κ1) is 10.7. The van der Waals surface area contributed by atoms with E-state index in [-0.39, 0.29) is 0 Å². The van der Waals surface area contributed by atoms with Crippen molar-refractivity contribution in [1.29, 1.82) is 0 Å². The van der Waals surface area contributed by atoms with E-state index in [0.29, 0.717) is 6.04 Å². The Hall–Kier alpha value is -1.43. The molecular weight excluding hydrogens is 236 g/mol. The number of hydrogen-bond acceptors (Lipinski definition) is 4. The third-order valence-electron chi connectivity index (χ3n) is 3.00. The van der Waals surface area contributed by atoms with Crippen molar-refractivity contribution in [3.05, 3.63) is 24.5 Å². The summed E-state index contributed by atoms with van der Waals surface area (Å²) >= 11 is 0. The number of anilines is 1. The zero-order valence-corrected chi connectivity index (χ0v) is 10.2. The van der Waals surface area contributed by atoms with Gasteiger partial charge in [0.1, 0.15) is 5.82 Å². The molecule has 0 amide bonds. The van der Waals surface area contributed by atoms with Crippen LogP contribution in [0.5, 0.6) is 0 Å². The molecule has 5 nitrogen and oxygen atoms in total. The lowest BCUT2D eigenvalue weighted by Crippen LogP contribution is -2.29. The van der Waals surface area contributed by atoms with E-state index >= 15 is 0 Å². The summed E-state index contributed by atoms with van der Waals surface area (Å²) < 4.78 is 13.0. The Labute approximate surface area is 102 Å². The molecule has 0 aliphatic carbocycles. The lowest BCUT2D eigenvalue weighted by Gasteiger charge is -2.22. The maximum Gasteiger partial charge on any atom is 0.157 e. The summed E-state index contributed by atoms with van der Waals surface area (Å²) in [4.78, 5) is 4.46. The van der Waals surface area contributed by atoms with Gasteiger partial charge in [0, 0.05) is 40.6 Å². The summed E-state index contributed by atoms with van der Waals surface area (Å²) in [6, 6.07) is 4.19. The van der Waals surface area contributed by atoms with Gasteiger partial charge in [-0.1, -0.05) is 0 Å². The average molecular weight is 250 g/mol. The average Bonchev–Trinajstić information content (AvgIpc) is 2.79. The SMILES string of the molecule is O=S1CCC(Nc2ccn3nccc3n2)CC1. The van der Waals surface area contributed by atoms with Gasteiger partial charge < -0.3 is 5.32 Å². The molecule has 0 saturated carbocycles. The molecule has 1 N–H and O–H groups in total. The van der Waals surface area contributed by atoms with E-state index in [1.807, 2.05) is 18.3 Å². The first-order valence-electron chi connectivity index (χ1n) is 5.73. The molecule has 6 heteroatoms. The Morgan fingerprint density at radius 2 is 2.18 bits per heavy atom. The Morgan fingerprint density at radius 3 is 3.00 bits per heavy atom. The van der Waals surface area contributed by atoms with Crippen LogP contribution < -0.4 is 5.32 Å². The Morgan fingerprint density at radius 1 is 1.35 bits per heavy atom. The minimum atomic E-state index is -0.609. The van der Waals surface area contributed by atoms with Gasteiger partial charge in [-0.15, -0.1) is 0 Å². The van der Waals surface area contributed by atoms with Crippen molar-refractivity contribution in [3.63, 3.8) is 0 Å². The van der Waals surface area contributed by atoms with Gasteiger partial charge in [-0.3, -0.25) is 4.21 Å². The second kappa shape index (κ2) is 4.44. The van der Waals surface area contributed by atoms with Gasteiger partial charge >= 0.3 is 0 Å². The van der Waals surface area contributed by atoms with Crippen molar-refractivity contribution in [2.45, 2.75) is 18.9 Å². The van der Waals surface area contributed by atoms with Gasteiger partial charge in [0.25, 0.3) is 0 Å². The lowest BCUT2D eigenvalue weighted by molar-refractivity contribution is 0.622. The maximum atomic E-state index is 11.3. The molecule has 2 aromatic heterocycles. The first-order valence-corrected chi connectivity index (χ1v) is 7.22.